The second kappa shape index (κ2) is 12.9. The SMILES string of the molecule is c1ccc(-c2ccc(N(c3ccc(-c4ccccc4)cc3)c3cc(-c4cccc5c4oc4ccccc45)cc4c3oc3ccc5oc6ccccc6c5c34)cc2)cc1. The Kier molecular flexibility index (Phi) is 7.20. The number of fused-ring (bicyclic) bond motifs is 10. The Morgan fingerprint density at radius 2 is 0.793 bits per heavy atom. The second-order valence-electron chi connectivity index (χ2n) is 14.8. The molecule has 0 saturated carbocycles. The van der Waals surface area contributed by atoms with Crippen molar-refractivity contribution in [1.29, 1.82) is 0 Å². The molecule has 0 fully saturated rings. The minimum absolute atomic E-state index is 0.785. The van der Waals surface area contributed by atoms with Gasteiger partial charge in [0.2, 0.25) is 0 Å². The Labute approximate surface area is 333 Å². The molecule has 3 heterocycles. The van der Waals surface area contributed by atoms with Crippen molar-refractivity contribution in [3.63, 3.8) is 0 Å². The van der Waals surface area contributed by atoms with Crippen molar-refractivity contribution < 1.29 is 13.3 Å². The number of anilines is 3. The standard InChI is InChI=1S/C54H33NO3/c1-3-12-34(13-4-1)36-22-26-39(27-23-36)55(40-28-24-37(25-29-40)35-14-5-2-6-15-35)46-33-38(41-18-11-19-43-42-16-7-9-20-47(42)57-53(41)43)32-45-52-50(58-54(45)46)31-30-49-51(52)44-17-8-10-21-48(44)56-49/h1-33H. The summed E-state index contributed by atoms with van der Waals surface area (Å²) in [4.78, 5) is 2.32. The highest BCUT2D eigenvalue weighted by atomic mass is 16.3. The van der Waals surface area contributed by atoms with Gasteiger partial charge in [-0.25, -0.2) is 0 Å². The van der Waals surface area contributed by atoms with Crippen LogP contribution in [0.25, 0.3) is 99.2 Å². The molecule has 272 valence electrons. The summed E-state index contributed by atoms with van der Waals surface area (Å²) >= 11 is 0. The molecule has 9 aromatic carbocycles. The summed E-state index contributed by atoms with van der Waals surface area (Å²) < 4.78 is 20.1. The first kappa shape index (κ1) is 32.4. The molecule has 4 heteroatoms. The molecule has 0 aliphatic rings. The zero-order chi connectivity index (χ0) is 38.2. The fraction of sp³-hybridized carbons (Fsp3) is 0. The van der Waals surface area contributed by atoms with Crippen molar-refractivity contribution in [2.75, 3.05) is 4.90 Å². The van der Waals surface area contributed by atoms with Crippen molar-refractivity contribution in [2.24, 2.45) is 0 Å². The van der Waals surface area contributed by atoms with Gasteiger partial charge in [-0.3, -0.25) is 0 Å². The van der Waals surface area contributed by atoms with Crippen LogP contribution in [0, 0.1) is 0 Å². The third-order valence-electron chi connectivity index (χ3n) is 11.5. The molecule has 0 radical (unpaired) electrons. The Balaban J connectivity index is 1.16. The molecule has 0 aliphatic carbocycles. The van der Waals surface area contributed by atoms with E-state index in [0.717, 1.165) is 105 Å². The Bertz CT molecular complexity index is 3400. The van der Waals surface area contributed by atoms with Gasteiger partial charge in [0.15, 0.2) is 5.58 Å². The zero-order valence-corrected chi connectivity index (χ0v) is 31.2. The fourth-order valence-electron chi connectivity index (χ4n) is 8.76. The van der Waals surface area contributed by atoms with Crippen LogP contribution < -0.4 is 4.90 Å². The number of para-hydroxylation sites is 3. The normalized spacial score (nSPS) is 11.8. The van der Waals surface area contributed by atoms with Gasteiger partial charge in [-0.15, -0.1) is 0 Å². The predicted molar refractivity (Wildman–Crippen MR) is 239 cm³/mol. The topological polar surface area (TPSA) is 42.7 Å². The van der Waals surface area contributed by atoms with Crippen LogP contribution in [0.4, 0.5) is 17.1 Å². The maximum Gasteiger partial charge on any atom is 0.159 e. The Hall–Kier alpha value is -7.82. The first-order chi connectivity index (χ1) is 28.7. The van der Waals surface area contributed by atoms with Crippen LogP contribution in [0.2, 0.25) is 0 Å². The van der Waals surface area contributed by atoms with Crippen LogP contribution >= 0.6 is 0 Å². The van der Waals surface area contributed by atoms with E-state index in [-0.39, 0.29) is 0 Å². The van der Waals surface area contributed by atoms with Crippen LogP contribution in [0.15, 0.2) is 213 Å². The smallest absolute Gasteiger partial charge is 0.159 e. The molecule has 0 aliphatic heterocycles. The van der Waals surface area contributed by atoms with Crippen molar-refractivity contribution in [3.05, 3.63) is 200 Å². The molecule has 0 spiro atoms. The zero-order valence-electron chi connectivity index (χ0n) is 31.2. The third kappa shape index (κ3) is 5.09. The molecule has 12 aromatic rings. The molecule has 0 N–H and O–H groups in total. The molecule has 0 unspecified atom stereocenters. The minimum Gasteiger partial charge on any atom is -0.456 e. The van der Waals surface area contributed by atoms with Gasteiger partial charge in [-0.2, -0.15) is 0 Å². The highest BCUT2D eigenvalue weighted by Gasteiger charge is 2.25. The van der Waals surface area contributed by atoms with Gasteiger partial charge < -0.3 is 18.2 Å². The number of rotatable bonds is 6. The van der Waals surface area contributed by atoms with Crippen molar-refractivity contribution in [2.45, 2.75) is 0 Å². The fourth-order valence-corrected chi connectivity index (χ4v) is 8.76. The molecule has 58 heavy (non-hydrogen) atoms. The minimum atomic E-state index is 0.785. The van der Waals surface area contributed by atoms with E-state index >= 15 is 0 Å². The van der Waals surface area contributed by atoms with Gasteiger partial charge in [0.05, 0.1) is 5.69 Å². The molecule has 0 amide bonds. The summed E-state index contributed by atoms with van der Waals surface area (Å²) in [6.07, 6.45) is 0. The number of hydrogen-bond donors (Lipinski definition) is 0. The van der Waals surface area contributed by atoms with Crippen LogP contribution in [-0.2, 0) is 0 Å². The first-order valence-corrected chi connectivity index (χ1v) is 19.6. The van der Waals surface area contributed by atoms with Gasteiger partial charge in [-0.05, 0) is 88.5 Å². The van der Waals surface area contributed by atoms with Gasteiger partial charge >= 0.3 is 0 Å². The van der Waals surface area contributed by atoms with Crippen molar-refractivity contribution in [3.8, 4) is 33.4 Å². The molecular weight excluding hydrogens is 711 g/mol. The largest absolute Gasteiger partial charge is 0.456 e. The van der Waals surface area contributed by atoms with E-state index in [4.69, 9.17) is 13.3 Å². The molecule has 4 nitrogen and oxygen atoms in total. The van der Waals surface area contributed by atoms with E-state index in [1.165, 1.54) is 11.1 Å². The highest BCUT2D eigenvalue weighted by molar-refractivity contribution is 6.27. The lowest BCUT2D eigenvalue weighted by Crippen LogP contribution is -2.10. The van der Waals surface area contributed by atoms with Gasteiger partial charge in [0, 0.05) is 49.3 Å². The van der Waals surface area contributed by atoms with Crippen LogP contribution in [0.5, 0.6) is 0 Å². The first-order valence-electron chi connectivity index (χ1n) is 19.6. The predicted octanol–water partition coefficient (Wildman–Crippen LogP) is 15.9. The van der Waals surface area contributed by atoms with Gasteiger partial charge in [0.25, 0.3) is 0 Å². The maximum atomic E-state index is 7.04. The summed E-state index contributed by atoms with van der Waals surface area (Å²) in [5.74, 6) is 0. The Morgan fingerprint density at radius 1 is 0.293 bits per heavy atom. The monoisotopic (exact) mass is 743 g/mol. The molecule has 0 atom stereocenters. The second-order valence-corrected chi connectivity index (χ2v) is 14.8. The molecule has 0 saturated heterocycles. The van der Waals surface area contributed by atoms with Crippen LogP contribution in [0.1, 0.15) is 0 Å². The quantitative estimate of drug-likeness (QED) is 0.170. The van der Waals surface area contributed by atoms with Crippen LogP contribution in [0.3, 0.4) is 0 Å². The molecule has 0 bridgehead atoms. The number of furan rings is 3. The van der Waals surface area contributed by atoms with Crippen molar-refractivity contribution >= 4 is 82.9 Å². The highest BCUT2D eigenvalue weighted by Crippen LogP contribution is 2.49. The lowest BCUT2D eigenvalue weighted by Gasteiger charge is -2.26. The van der Waals surface area contributed by atoms with Gasteiger partial charge in [-0.1, -0.05) is 140 Å². The van der Waals surface area contributed by atoms with E-state index in [9.17, 15) is 0 Å². The van der Waals surface area contributed by atoms with Crippen LogP contribution in [-0.4, -0.2) is 0 Å². The molecule has 3 aromatic heterocycles. The van der Waals surface area contributed by atoms with E-state index in [1.54, 1.807) is 0 Å². The number of nitrogens with zero attached hydrogens (tertiary/aromatic N) is 1. The number of benzene rings is 9. The summed E-state index contributed by atoms with van der Waals surface area (Å²) in [7, 11) is 0. The Morgan fingerprint density at radius 3 is 1.45 bits per heavy atom. The maximum absolute atomic E-state index is 7.04. The molecular formula is C54H33NO3. The average Bonchev–Trinajstić information content (AvgIpc) is 3.99. The molecule has 12 rings (SSSR count). The summed E-state index contributed by atoms with van der Waals surface area (Å²) in [5, 5.41) is 6.31. The summed E-state index contributed by atoms with van der Waals surface area (Å²) in [6, 6.07) is 70.2. The number of hydrogen-bond acceptors (Lipinski definition) is 4. The third-order valence-corrected chi connectivity index (χ3v) is 11.5. The lowest BCUT2D eigenvalue weighted by molar-refractivity contribution is 0.663. The summed E-state index contributed by atoms with van der Waals surface area (Å²) in [5.41, 5.74) is 14.6. The van der Waals surface area contributed by atoms with Crippen molar-refractivity contribution in [1.82, 2.24) is 0 Å². The lowest BCUT2D eigenvalue weighted by atomic mass is 9.97. The van der Waals surface area contributed by atoms with E-state index < -0.39 is 0 Å². The van der Waals surface area contributed by atoms with E-state index in [1.807, 2.05) is 36.4 Å². The van der Waals surface area contributed by atoms with E-state index in [0.29, 0.717) is 0 Å². The summed E-state index contributed by atoms with van der Waals surface area (Å²) in [6.45, 7) is 0. The average molecular weight is 744 g/mol. The van der Waals surface area contributed by atoms with E-state index in [2.05, 4.69) is 169 Å². The van der Waals surface area contributed by atoms with Gasteiger partial charge in [0.1, 0.15) is 27.9 Å².